The first-order chi connectivity index (χ1) is 16.3. The maximum absolute atomic E-state index is 5.05. The van der Waals surface area contributed by atoms with E-state index in [0.29, 0.717) is 0 Å². The van der Waals surface area contributed by atoms with Crippen molar-refractivity contribution in [2.75, 3.05) is 0 Å². The summed E-state index contributed by atoms with van der Waals surface area (Å²) >= 11 is 0. The second kappa shape index (κ2) is 7.04. The van der Waals surface area contributed by atoms with E-state index in [2.05, 4.69) is 126 Å². The molecule has 7 rings (SSSR count). The van der Waals surface area contributed by atoms with Crippen molar-refractivity contribution in [2.24, 2.45) is 0 Å². The molecule has 0 spiro atoms. The summed E-state index contributed by atoms with van der Waals surface area (Å²) in [6.45, 7) is 0. The fourth-order valence-electron chi connectivity index (χ4n) is 4.91. The lowest BCUT2D eigenvalue weighted by molar-refractivity contribution is 1.30. The van der Waals surface area contributed by atoms with Crippen LogP contribution in [-0.4, -0.2) is 9.38 Å². The average Bonchev–Trinajstić information content (AvgIpc) is 3.28. The molecule has 33 heavy (non-hydrogen) atoms. The van der Waals surface area contributed by atoms with Gasteiger partial charge >= 0.3 is 0 Å². The zero-order chi connectivity index (χ0) is 21.8. The van der Waals surface area contributed by atoms with Gasteiger partial charge in [-0.3, -0.25) is 4.40 Å². The van der Waals surface area contributed by atoms with Crippen LogP contribution < -0.4 is 0 Å². The third kappa shape index (κ3) is 2.85. The third-order valence-corrected chi connectivity index (χ3v) is 6.54. The van der Waals surface area contributed by atoms with Crippen LogP contribution in [0.2, 0.25) is 0 Å². The molecule has 0 aliphatic carbocycles. The molecule has 0 fully saturated rings. The number of rotatable bonds is 2. The van der Waals surface area contributed by atoms with E-state index in [-0.39, 0.29) is 0 Å². The van der Waals surface area contributed by atoms with E-state index in [9.17, 15) is 0 Å². The van der Waals surface area contributed by atoms with Crippen molar-refractivity contribution in [1.82, 2.24) is 9.38 Å². The highest BCUT2D eigenvalue weighted by molar-refractivity contribution is 5.99. The number of para-hydroxylation sites is 2. The Morgan fingerprint density at radius 1 is 0.455 bits per heavy atom. The van der Waals surface area contributed by atoms with Crippen LogP contribution in [0.5, 0.6) is 0 Å². The number of pyridine rings is 1. The molecule has 0 amide bonds. The van der Waals surface area contributed by atoms with Gasteiger partial charge in [-0.05, 0) is 63.2 Å². The van der Waals surface area contributed by atoms with Crippen LogP contribution in [-0.2, 0) is 0 Å². The molecule has 0 aliphatic heterocycles. The van der Waals surface area contributed by atoms with Gasteiger partial charge in [0.2, 0.25) is 0 Å². The molecule has 0 saturated carbocycles. The van der Waals surface area contributed by atoms with Crippen molar-refractivity contribution >= 4 is 38.4 Å². The summed E-state index contributed by atoms with van der Waals surface area (Å²) in [4.78, 5) is 5.05. The number of benzene rings is 5. The fraction of sp³-hybridized carbons (Fsp3) is 0. The standard InChI is InChI=1S/C31H20N2/c1-2-9-22(10-3-1)27-19-26-17-16-25(24-15-14-21-8-4-5-11-23(21)18-24)20-30(26)33-29-13-7-6-12-28(29)32-31(27)33/h1-20H. The fourth-order valence-corrected chi connectivity index (χ4v) is 4.91. The first-order valence-electron chi connectivity index (χ1n) is 11.2. The second-order valence-electron chi connectivity index (χ2n) is 8.52. The zero-order valence-corrected chi connectivity index (χ0v) is 17.9. The van der Waals surface area contributed by atoms with E-state index in [0.717, 1.165) is 22.2 Å². The summed E-state index contributed by atoms with van der Waals surface area (Å²) < 4.78 is 2.32. The van der Waals surface area contributed by atoms with Crippen molar-refractivity contribution in [3.05, 3.63) is 121 Å². The molecule has 7 aromatic rings. The lowest BCUT2D eigenvalue weighted by Gasteiger charge is -2.12. The van der Waals surface area contributed by atoms with Gasteiger partial charge in [-0.15, -0.1) is 0 Å². The monoisotopic (exact) mass is 420 g/mol. The van der Waals surface area contributed by atoms with Gasteiger partial charge in [0.25, 0.3) is 0 Å². The van der Waals surface area contributed by atoms with E-state index < -0.39 is 0 Å². The van der Waals surface area contributed by atoms with Gasteiger partial charge in [-0.1, -0.05) is 91.0 Å². The highest BCUT2D eigenvalue weighted by Crippen LogP contribution is 2.34. The molecule has 2 aromatic heterocycles. The Labute approximate surface area is 191 Å². The normalized spacial score (nSPS) is 11.6. The van der Waals surface area contributed by atoms with Crippen molar-refractivity contribution in [2.45, 2.75) is 0 Å². The molecule has 0 radical (unpaired) electrons. The average molecular weight is 421 g/mol. The Bertz CT molecular complexity index is 1810. The van der Waals surface area contributed by atoms with Crippen molar-refractivity contribution in [3.63, 3.8) is 0 Å². The van der Waals surface area contributed by atoms with E-state index in [1.807, 2.05) is 0 Å². The van der Waals surface area contributed by atoms with Crippen LogP contribution >= 0.6 is 0 Å². The molecule has 0 bridgehead atoms. The van der Waals surface area contributed by atoms with E-state index >= 15 is 0 Å². The molecule has 0 N–H and O–H groups in total. The number of aromatic nitrogens is 2. The summed E-state index contributed by atoms with van der Waals surface area (Å²) in [7, 11) is 0. The Morgan fingerprint density at radius 3 is 2.03 bits per heavy atom. The molecular weight excluding hydrogens is 400 g/mol. The van der Waals surface area contributed by atoms with E-state index in [1.165, 1.54) is 38.4 Å². The molecule has 0 aliphatic rings. The number of imidazole rings is 1. The highest BCUT2D eigenvalue weighted by Gasteiger charge is 2.14. The topological polar surface area (TPSA) is 17.3 Å². The first-order valence-corrected chi connectivity index (χ1v) is 11.2. The molecule has 2 heteroatoms. The molecule has 2 nitrogen and oxygen atoms in total. The Hall–Kier alpha value is -4.43. The van der Waals surface area contributed by atoms with Gasteiger partial charge in [0.05, 0.1) is 16.6 Å². The van der Waals surface area contributed by atoms with Crippen LogP contribution in [0.1, 0.15) is 0 Å². The first kappa shape index (κ1) is 18.2. The lowest BCUT2D eigenvalue weighted by Crippen LogP contribution is -1.93. The van der Waals surface area contributed by atoms with Crippen LogP contribution in [0.3, 0.4) is 0 Å². The van der Waals surface area contributed by atoms with Gasteiger partial charge in [-0.2, -0.15) is 0 Å². The van der Waals surface area contributed by atoms with Gasteiger partial charge in [0, 0.05) is 5.56 Å². The van der Waals surface area contributed by atoms with Crippen molar-refractivity contribution < 1.29 is 0 Å². The van der Waals surface area contributed by atoms with E-state index in [1.54, 1.807) is 0 Å². The Balaban J connectivity index is 1.55. The molecule has 0 unspecified atom stereocenters. The summed E-state index contributed by atoms with van der Waals surface area (Å²) in [6.07, 6.45) is 0. The van der Waals surface area contributed by atoms with Crippen LogP contribution in [0, 0.1) is 0 Å². The zero-order valence-electron chi connectivity index (χ0n) is 17.9. The minimum Gasteiger partial charge on any atom is -0.292 e. The molecule has 0 saturated heterocycles. The van der Waals surface area contributed by atoms with Crippen molar-refractivity contribution in [3.8, 4) is 22.3 Å². The Kier molecular flexibility index (Phi) is 3.88. The molecule has 0 atom stereocenters. The van der Waals surface area contributed by atoms with Gasteiger partial charge in [0.1, 0.15) is 5.65 Å². The van der Waals surface area contributed by atoms with Crippen LogP contribution in [0.15, 0.2) is 121 Å². The molecule has 2 heterocycles. The van der Waals surface area contributed by atoms with Crippen LogP contribution in [0.4, 0.5) is 0 Å². The SMILES string of the molecule is c1ccc(-c2cc3ccc(-c4ccc5ccccc5c4)cc3n3c2nc2ccccc23)cc1. The summed E-state index contributed by atoms with van der Waals surface area (Å²) in [5, 5.41) is 3.72. The minimum atomic E-state index is 0.991. The smallest absolute Gasteiger partial charge is 0.146 e. The predicted molar refractivity (Wildman–Crippen MR) is 139 cm³/mol. The number of fused-ring (bicyclic) bond motifs is 6. The minimum absolute atomic E-state index is 0.991. The summed E-state index contributed by atoms with van der Waals surface area (Å²) in [5.41, 5.74) is 9.06. The number of hydrogen-bond donors (Lipinski definition) is 0. The quantitative estimate of drug-likeness (QED) is 0.276. The molecule has 5 aromatic carbocycles. The second-order valence-corrected chi connectivity index (χ2v) is 8.52. The molecular formula is C31H20N2. The maximum Gasteiger partial charge on any atom is 0.146 e. The van der Waals surface area contributed by atoms with Crippen molar-refractivity contribution in [1.29, 1.82) is 0 Å². The predicted octanol–water partition coefficient (Wildman–Crippen LogP) is 8.13. The van der Waals surface area contributed by atoms with E-state index in [4.69, 9.17) is 4.98 Å². The van der Waals surface area contributed by atoms with Gasteiger partial charge in [-0.25, -0.2) is 4.98 Å². The maximum atomic E-state index is 5.05. The number of hydrogen-bond acceptors (Lipinski definition) is 1. The summed E-state index contributed by atoms with van der Waals surface area (Å²) in [5.74, 6) is 0. The van der Waals surface area contributed by atoms with Gasteiger partial charge in [0.15, 0.2) is 0 Å². The summed E-state index contributed by atoms with van der Waals surface area (Å²) in [6, 6.07) is 43.2. The highest BCUT2D eigenvalue weighted by atomic mass is 15.0. The molecule has 154 valence electrons. The Morgan fingerprint density at radius 2 is 1.15 bits per heavy atom. The largest absolute Gasteiger partial charge is 0.292 e. The number of nitrogens with zero attached hydrogens (tertiary/aromatic N) is 2. The van der Waals surface area contributed by atoms with Gasteiger partial charge < -0.3 is 0 Å². The van der Waals surface area contributed by atoms with Crippen LogP contribution in [0.25, 0.3) is 60.6 Å². The lowest BCUT2D eigenvalue weighted by atomic mass is 9.98. The third-order valence-electron chi connectivity index (χ3n) is 6.54.